The summed E-state index contributed by atoms with van der Waals surface area (Å²) in [6.45, 7) is 3.87. The molecule has 3 aromatic rings. The van der Waals surface area contributed by atoms with Crippen molar-refractivity contribution in [2.75, 3.05) is 4.90 Å². The lowest BCUT2D eigenvalue weighted by atomic mass is 10.0. The lowest BCUT2D eigenvalue weighted by Crippen LogP contribution is -2.54. The molecule has 178 valence electrons. The number of anilines is 1. The highest BCUT2D eigenvalue weighted by molar-refractivity contribution is 9.10. The molecule has 0 aromatic heterocycles. The topological polar surface area (TPSA) is 75.7 Å². The molecule has 1 N–H and O–H groups in total. The third-order valence-corrected chi connectivity index (χ3v) is 6.32. The van der Waals surface area contributed by atoms with Gasteiger partial charge in [-0.1, -0.05) is 29.8 Å². The largest absolute Gasteiger partial charge is 0.486 e. The Hall–Kier alpha value is -3.49. The molecule has 4 amide bonds. The van der Waals surface area contributed by atoms with Gasteiger partial charge >= 0.3 is 6.03 Å². The average molecular weight is 558 g/mol. The molecule has 0 radical (unpaired) electrons. The summed E-state index contributed by atoms with van der Waals surface area (Å²) < 4.78 is 19.6. The van der Waals surface area contributed by atoms with Crippen LogP contribution >= 0.6 is 27.5 Å². The summed E-state index contributed by atoms with van der Waals surface area (Å²) in [6.07, 6.45) is 1.35. The number of hydrogen-bond donors (Lipinski definition) is 1. The van der Waals surface area contributed by atoms with Crippen molar-refractivity contribution in [1.29, 1.82) is 0 Å². The molecule has 0 aliphatic carbocycles. The maximum absolute atomic E-state index is 13.4. The molecule has 1 aliphatic heterocycles. The van der Waals surface area contributed by atoms with E-state index in [2.05, 4.69) is 21.2 Å². The second kappa shape index (κ2) is 10.0. The minimum atomic E-state index is -0.819. The highest BCUT2D eigenvalue weighted by Gasteiger charge is 2.37. The molecule has 0 spiro atoms. The van der Waals surface area contributed by atoms with E-state index in [-0.39, 0.29) is 23.0 Å². The first-order valence-electron chi connectivity index (χ1n) is 10.5. The van der Waals surface area contributed by atoms with E-state index in [4.69, 9.17) is 16.3 Å². The standard InChI is InChI=1S/C26H19BrClFN2O4/c1-14-6-7-19(8-15(14)2)31-25(33)20(24(32)30-26(31)34)10-17-11-21(27)23(22(28)12-17)35-13-16-4-3-5-18(29)9-16/h3-12H,13H2,1-2H3,(H,30,32,34)/b20-10+. The number of barbiturate groups is 1. The first-order valence-corrected chi connectivity index (χ1v) is 11.7. The second-order valence-corrected chi connectivity index (χ2v) is 9.22. The van der Waals surface area contributed by atoms with Gasteiger partial charge in [-0.05, 0) is 94.5 Å². The molecule has 9 heteroatoms. The van der Waals surface area contributed by atoms with E-state index in [0.29, 0.717) is 27.0 Å². The Labute approximate surface area is 214 Å². The van der Waals surface area contributed by atoms with Gasteiger partial charge in [-0.2, -0.15) is 0 Å². The fourth-order valence-electron chi connectivity index (χ4n) is 3.51. The normalized spacial score (nSPS) is 14.9. The van der Waals surface area contributed by atoms with Gasteiger partial charge in [-0.25, -0.2) is 14.1 Å². The van der Waals surface area contributed by atoms with Crippen molar-refractivity contribution >= 4 is 57.1 Å². The summed E-state index contributed by atoms with van der Waals surface area (Å²) in [7, 11) is 0. The van der Waals surface area contributed by atoms with Gasteiger partial charge in [0.25, 0.3) is 11.8 Å². The fraction of sp³-hybridized carbons (Fsp3) is 0.115. The van der Waals surface area contributed by atoms with Crippen LogP contribution in [0, 0.1) is 19.7 Å². The molecule has 1 heterocycles. The number of urea groups is 1. The number of nitrogens with one attached hydrogen (secondary N) is 1. The third-order valence-electron chi connectivity index (χ3n) is 5.45. The van der Waals surface area contributed by atoms with Gasteiger partial charge in [0.15, 0.2) is 5.75 Å². The summed E-state index contributed by atoms with van der Waals surface area (Å²) in [6, 6.07) is 13.5. The SMILES string of the molecule is Cc1ccc(N2C(=O)NC(=O)/C(=C\c3cc(Cl)c(OCc4cccc(F)c4)c(Br)c3)C2=O)cc1C. The van der Waals surface area contributed by atoms with Gasteiger partial charge < -0.3 is 4.74 Å². The van der Waals surface area contributed by atoms with Crippen molar-refractivity contribution in [2.45, 2.75) is 20.5 Å². The zero-order valence-electron chi connectivity index (χ0n) is 18.7. The van der Waals surface area contributed by atoms with E-state index in [9.17, 15) is 18.8 Å². The van der Waals surface area contributed by atoms with Gasteiger partial charge in [0, 0.05) is 0 Å². The van der Waals surface area contributed by atoms with Crippen LogP contribution in [0.2, 0.25) is 5.02 Å². The number of carbonyl (C=O) groups is 3. The van der Waals surface area contributed by atoms with Crippen molar-refractivity contribution in [3.63, 3.8) is 0 Å². The Kier molecular flexibility index (Phi) is 7.05. The maximum Gasteiger partial charge on any atom is 0.335 e. The molecule has 35 heavy (non-hydrogen) atoms. The van der Waals surface area contributed by atoms with Crippen LogP contribution in [0.25, 0.3) is 6.08 Å². The first kappa shape index (κ1) is 24.6. The van der Waals surface area contributed by atoms with Crippen LogP contribution in [0.3, 0.4) is 0 Å². The van der Waals surface area contributed by atoms with Gasteiger partial charge in [-0.3, -0.25) is 14.9 Å². The number of amides is 4. The average Bonchev–Trinajstić information content (AvgIpc) is 2.78. The van der Waals surface area contributed by atoms with Gasteiger partial charge in [0.2, 0.25) is 0 Å². The number of nitrogens with zero attached hydrogens (tertiary/aromatic N) is 1. The summed E-state index contributed by atoms with van der Waals surface area (Å²) in [5.74, 6) is -1.61. The number of ether oxygens (including phenoxy) is 1. The van der Waals surface area contributed by atoms with Crippen LogP contribution in [0.4, 0.5) is 14.9 Å². The van der Waals surface area contributed by atoms with Crippen LogP contribution in [-0.4, -0.2) is 17.8 Å². The predicted octanol–water partition coefficient (Wildman–Crippen LogP) is 6.10. The monoisotopic (exact) mass is 556 g/mol. The number of benzene rings is 3. The van der Waals surface area contributed by atoms with E-state index in [1.807, 2.05) is 13.8 Å². The maximum atomic E-state index is 13.4. The van der Waals surface area contributed by atoms with Crippen LogP contribution in [0.5, 0.6) is 5.75 Å². The predicted molar refractivity (Wildman–Crippen MR) is 135 cm³/mol. The molecule has 1 saturated heterocycles. The Morgan fingerprint density at radius 1 is 1.06 bits per heavy atom. The number of aryl methyl sites for hydroxylation is 2. The zero-order chi connectivity index (χ0) is 25.3. The lowest BCUT2D eigenvalue weighted by molar-refractivity contribution is -0.122. The Balaban J connectivity index is 1.62. The molecule has 0 saturated carbocycles. The van der Waals surface area contributed by atoms with Crippen LogP contribution < -0.4 is 15.0 Å². The highest BCUT2D eigenvalue weighted by atomic mass is 79.9. The molecule has 1 fully saturated rings. The number of hydrogen-bond acceptors (Lipinski definition) is 4. The van der Waals surface area contributed by atoms with Gasteiger partial charge in [-0.15, -0.1) is 0 Å². The van der Waals surface area contributed by atoms with Gasteiger partial charge in [0.05, 0.1) is 15.2 Å². The highest BCUT2D eigenvalue weighted by Crippen LogP contribution is 2.36. The minimum Gasteiger partial charge on any atom is -0.486 e. The minimum absolute atomic E-state index is 0.0877. The Morgan fingerprint density at radius 2 is 1.83 bits per heavy atom. The zero-order valence-corrected chi connectivity index (χ0v) is 21.0. The molecule has 1 aliphatic rings. The molecule has 6 nitrogen and oxygen atoms in total. The first-order chi connectivity index (χ1) is 16.6. The summed E-state index contributed by atoms with van der Waals surface area (Å²) >= 11 is 9.79. The van der Waals surface area contributed by atoms with E-state index in [0.717, 1.165) is 16.0 Å². The molecular weight excluding hydrogens is 539 g/mol. The van der Waals surface area contributed by atoms with Crippen LogP contribution in [0.1, 0.15) is 22.3 Å². The number of rotatable bonds is 5. The van der Waals surface area contributed by atoms with Crippen molar-refractivity contribution < 1.29 is 23.5 Å². The summed E-state index contributed by atoms with van der Waals surface area (Å²) in [4.78, 5) is 39.0. The van der Waals surface area contributed by atoms with E-state index < -0.39 is 17.8 Å². The number of carbonyl (C=O) groups excluding carboxylic acids is 3. The van der Waals surface area contributed by atoms with Crippen LogP contribution in [-0.2, 0) is 16.2 Å². The number of halogens is 3. The molecule has 0 bridgehead atoms. The van der Waals surface area contributed by atoms with Crippen LogP contribution in [0.15, 0.2) is 64.6 Å². The fourth-order valence-corrected chi connectivity index (χ4v) is 4.50. The smallest absolute Gasteiger partial charge is 0.335 e. The Morgan fingerprint density at radius 3 is 2.51 bits per heavy atom. The molecular formula is C26H19BrClFN2O4. The van der Waals surface area contributed by atoms with Gasteiger partial charge in [0.1, 0.15) is 18.0 Å². The van der Waals surface area contributed by atoms with E-state index >= 15 is 0 Å². The second-order valence-electron chi connectivity index (χ2n) is 7.96. The molecule has 0 atom stereocenters. The van der Waals surface area contributed by atoms with E-state index in [1.165, 1.54) is 24.3 Å². The van der Waals surface area contributed by atoms with Crippen molar-refractivity contribution in [2.24, 2.45) is 0 Å². The number of imide groups is 2. The van der Waals surface area contributed by atoms with Crippen molar-refractivity contribution in [3.8, 4) is 5.75 Å². The third kappa shape index (κ3) is 5.28. The molecule has 4 rings (SSSR count). The van der Waals surface area contributed by atoms with Crippen molar-refractivity contribution in [3.05, 3.63) is 97.7 Å². The quantitative estimate of drug-likeness (QED) is 0.304. The van der Waals surface area contributed by atoms with E-state index in [1.54, 1.807) is 36.4 Å². The summed E-state index contributed by atoms with van der Waals surface area (Å²) in [5, 5.41) is 2.42. The molecule has 0 unspecified atom stereocenters. The Bertz CT molecular complexity index is 1380. The molecule has 3 aromatic carbocycles. The lowest BCUT2D eigenvalue weighted by Gasteiger charge is -2.27. The van der Waals surface area contributed by atoms with Crippen molar-refractivity contribution in [1.82, 2.24) is 5.32 Å². The summed E-state index contributed by atoms with van der Waals surface area (Å²) in [5.41, 5.74) is 3.10.